The maximum absolute atomic E-state index is 10.8. The zero-order valence-electron chi connectivity index (χ0n) is 14.0. The van der Waals surface area contributed by atoms with Crippen LogP contribution in [0.1, 0.15) is 104 Å². The summed E-state index contributed by atoms with van der Waals surface area (Å²) in [6, 6.07) is 0. The van der Waals surface area contributed by atoms with Crippen LogP contribution in [0.2, 0.25) is 0 Å². The summed E-state index contributed by atoms with van der Waals surface area (Å²) in [6.07, 6.45) is 18.3. The van der Waals surface area contributed by atoms with E-state index in [4.69, 9.17) is 5.73 Å². The van der Waals surface area contributed by atoms with Crippen molar-refractivity contribution in [3.05, 3.63) is 0 Å². The number of amides is 1. The van der Waals surface area contributed by atoms with Crippen LogP contribution in [-0.2, 0) is 4.79 Å². The van der Waals surface area contributed by atoms with Gasteiger partial charge in [0.05, 0.1) is 0 Å². The Balaban J connectivity index is 3.08. The first-order chi connectivity index (χ1) is 9.66. The second kappa shape index (κ2) is 14.9. The first-order valence-electron chi connectivity index (χ1n) is 8.95. The van der Waals surface area contributed by atoms with E-state index in [0.717, 1.165) is 6.42 Å². The topological polar surface area (TPSA) is 43.1 Å². The molecular formula is C18H37NO. The number of rotatable bonds is 15. The van der Waals surface area contributed by atoms with E-state index in [-0.39, 0.29) is 5.91 Å². The molecule has 0 aliphatic heterocycles. The van der Waals surface area contributed by atoms with Gasteiger partial charge in [0.1, 0.15) is 0 Å². The molecule has 20 heavy (non-hydrogen) atoms. The van der Waals surface area contributed by atoms with Gasteiger partial charge in [0.2, 0.25) is 5.91 Å². The lowest BCUT2D eigenvalue weighted by atomic mass is 9.98. The number of carbonyl (C=O) groups is 1. The Hall–Kier alpha value is -0.530. The van der Waals surface area contributed by atoms with Crippen LogP contribution >= 0.6 is 0 Å². The molecule has 1 amide bonds. The SMILES string of the molecule is CCCCCCCCCCCCCCC(C)CC(N)=O. The van der Waals surface area contributed by atoms with Crippen molar-refractivity contribution < 1.29 is 4.79 Å². The van der Waals surface area contributed by atoms with Gasteiger partial charge in [0, 0.05) is 6.42 Å². The molecule has 0 aromatic heterocycles. The van der Waals surface area contributed by atoms with E-state index < -0.39 is 0 Å². The number of unbranched alkanes of at least 4 members (excludes halogenated alkanes) is 11. The van der Waals surface area contributed by atoms with Gasteiger partial charge in [-0.2, -0.15) is 0 Å². The molecule has 2 heteroatoms. The Kier molecular flexibility index (Phi) is 14.5. The predicted molar refractivity (Wildman–Crippen MR) is 88.7 cm³/mol. The third kappa shape index (κ3) is 15.5. The van der Waals surface area contributed by atoms with Crippen LogP contribution in [-0.4, -0.2) is 5.91 Å². The Labute approximate surface area is 126 Å². The van der Waals surface area contributed by atoms with E-state index in [2.05, 4.69) is 13.8 Å². The van der Waals surface area contributed by atoms with Gasteiger partial charge in [-0.3, -0.25) is 4.79 Å². The zero-order valence-corrected chi connectivity index (χ0v) is 14.0. The lowest BCUT2D eigenvalue weighted by Gasteiger charge is -2.08. The molecule has 0 aromatic rings. The molecule has 2 nitrogen and oxygen atoms in total. The van der Waals surface area contributed by atoms with E-state index in [1.165, 1.54) is 77.0 Å². The third-order valence-electron chi connectivity index (χ3n) is 4.10. The van der Waals surface area contributed by atoms with Gasteiger partial charge >= 0.3 is 0 Å². The second-order valence-electron chi connectivity index (χ2n) is 6.45. The lowest BCUT2D eigenvalue weighted by molar-refractivity contribution is -0.118. The van der Waals surface area contributed by atoms with Crippen molar-refractivity contribution in [1.82, 2.24) is 0 Å². The maximum Gasteiger partial charge on any atom is 0.217 e. The largest absolute Gasteiger partial charge is 0.370 e. The summed E-state index contributed by atoms with van der Waals surface area (Å²) >= 11 is 0. The molecular weight excluding hydrogens is 246 g/mol. The smallest absolute Gasteiger partial charge is 0.217 e. The normalized spacial score (nSPS) is 12.5. The molecule has 0 fully saturated rings. The summed E-state index contributed by atoms with van der Waals surface area (Å²) in [5, 5.41) is 0. The molecule has 0 heterocycles. The Morgan fingerprint density at radius 3 is 1.60 bits per heavy atom. The standard InChI is InChI=1S/C18H37NO/c1-3-4-5-6-7-8-9-10-11-12-13-14-15-17(2)16-18(19)20/h17H,3-16H2,1-2H3,(H2,19,20). The monoisotopic (exact) mass is 283 g/mol. The molecule has 1 atom stereocenters. The van der Waals surface area contributed by atoms with E-state index in [1.54, 1.807) is 0 Å². The van der Waals surface area contributed by atoms with Crippen molar-refractivity contribution in [2.24, 2.45) is 11.7 Å². The highest BCUT2D eigenvalue weighted by Gasteiger charge is 2.05. The van der Waals surface area contributed by atoms with E-state index in [0.29, 0.717) is 12.3 Å². The molecule has 0 saturated heterocycles. The van der Waals surface area contributed by atoms with Crippen LogP contribution in [0.5, 0.6) is 0 Å². The summed E-state index contributed by atoms with van der Waals surface area (Å²) in [4.78, 5) is 10.8. The van der Waals surface area contributed by atoms with Crippen molar-refractivity contribution >= 4 is 5.91 Å². The summed E-state index contributed by atoms with van der Waals surface area (Å²) in [6.45, 7) is 4.40. The first kappa shape index (κ1) is 19.5. The van der Waals surface area contributed by atoms with Gasteiger partial charge in [-0.25, -0.2) is 0 Å². The van der Waals surface area contributed by atoms with Gasteiger partial charge in [-0.1, -0.05) is 97.3 Å². The van der Waals surface area contributed by atoms with E-state index in [9.17, 15) is 4.79 Å². The molecule has 0 aliphatic carbocycles. The lowest BCUT2D eigenvalue weighted by Crippen LogP contribution is -2.14. The minimum atomic E-state index is -0.156. The van der Waals surface area contributed by atoms with Crippen LogP contribution in [0, 0.1) is 5.92 Å². The summed E-state index contributed by atoms with van der Waals surface area (Å²) < 4.78 is 0. The molecule has 0 radical (unpaired) electrons. The zero-order chi connectivity index (χ0) is 15.1. The molecule has 0 aliphatic rings. The van der Waals surface area contributed by atoms with Gasteiger partial charge in [0.15, 0.2) is 0 Å². The van der Waals surface area contributed by atoms with Crippen molar-refractivity contribution in [3.63, 3.8) is 0 Å². The number of carbonyl (C=O) groups excluding carboxylic acids is 1. The molecule has 0 rings (SSSR count). The fourth-order valence-electron chi connectivity index (χ4n) is 2.78. The first-order valence-corrected chi connectivity index (χ1v) is 8.95. The fourth-order valence-corrected chi connectivity index (χ4v) is 2.78. The van der Waals surface area contributed by atoms with E-state index in [1.807, 2.05) is 0 Å². The number of hydrogen-bond donors (Lipinski definition) is 1. The molecule has 2 N–H and O–H groups in total. The molecule has 0 saturated carbocycles. The van der Waals surface area contributed by atoms with Gasteiger partial charge < -0.3 is 5.73 Å². The predicted octanol–water partition coefficient (Wildman–Crippen LogP) is 5.59. The minimum absolute atomic E-state index is 0.156. The van der Waals surface area contributed by atoms with Crippen molar-refractivity contribution in [3.8, 4) is 0 Å². The van der Waals surface area contributed by atoms with Crippen molar-refractivity contribution in [2.75, 3.05) is 0 Å². The minimum Gasteiger partial charge on any atom is -0.370 e. The van der Waals surface area contributed by atoms with Crippen molar-refractivity contribution in [1.29, 1.82) is 0 Å². The van der Waals surface area contributed by atoms with Crippen LogP contribution in [0.25, 0.3) is 0 Å². The van der Waals surface area contributed by atoms with Crippen LogP contribution < -0.4 is 5.73 Å². The molecule has 1 unspecified atom stereocenters. The number of primary amides is 1. The second-order valence-corrected chi connectivity index (χ2v) is 6.45. The Morgan fingerprint density at radius 1 is 0.800 bits per heavy atom. The highest BCUT2D eigenvalue weighted by atomic mass is 16.1. The summed E-state index contributed by atoms with van der Waals surface area (Å²) in [7, 11) is 0. The van der Waals surface area contributed by atoms with Gasteiger partial charge in [-0.15, -0.1) is 0 Å². The van der Waals surface area contributed by atoms with E-state index >= 15 is 0 Å². The van der Waals surface area contributed by atoms with Crippen LogP contribution in [0.4, 0.5) is 0 Å². The average Bonchev–Trinajstić information content (AvgIpc) is 2.39. The summed E-state index contributed by atoms with van der Waals surface area (Å²) in [5.74, 6) is 0.312. The Bertz CT molecular complexity index is 215. The van der Waals surface area contributed by atoms with Crippen LogP contribution in [0.3, 0.4) is 0 Å². The molecule has 0 spiro atoms. The number of nitrogens with two attached hydrogens (primary N) is 1. The molecule has 120 valence electrons. The van der Waals surface area contributed by atoms with Gasteiger partial charge in [-0.05, 0) is 5.92 Å². The van der Waals surface area contributed by atoms with Gasteiger partial charge in [0.25, 0.3) is 0 Å². The maximum atomic E-state index is 10.8. The third-order valence-corrected chi connectivity index (χ3v) is 4.10. The van der Waals surface area contributed by atoms with Crippen LogP contribution in [0.15, 0.2) is 0 Å². The quantitative estimate of drug-likeness (QED) is 0.391. The number of hydrogen-bond acceptors (Lipinski definition) is 1. The molecule has 0 aromatic carbocycles. The molecule has 0 bridgehead atoms. The summed E-state index contributed by atoms with van der Waals surface area (Å²) in [5.41, 5.74) is 5.19. The highest BCUT2D eigenvalue weighted by molar-refractivity contribution is 5.73. The fraction of sp³-hybridized carbons (Fsp3) is 0.944. The average molecular weight is 283 g/mol. The highest BCUT2D eigenvalue weighted by Crippen LogP contribution is 2.15. The Morgan fingerprint density at radius 2 is 1.20 bits per heavy atom. The van der Waals surface area contributed by atoms with Crippen molar-refractivity contribution in [2.45, 2.75) is 104 Å².